The van der Waals surface area contributed by atoms with Crippen molar-refractivity contribution in [3.63, 3.8) is 0 Å². The number of anilines is 1. The number of nitro benzene ring substituents is 1. The Balaban J connectivity index is 2.01. The standard InChI is InChI=1S/C17H18ClN3O3/c1-11-5-3-8-15(21(23)24)17(11)20-16(22)10-19-12(2)13-6-4-7-14(18)9-13/h3-9,12,19H,10H2,1-2H3,(H,20,22)/t12-/m0/s1. The van der Waals surface area contributed by atoms with Crippen molar-refractivity contribution in [2.75, 3.05) is 11.9 Å². The second kappa shape index (κ2) is 7.90. The van der Waals surface area contributed by atoms with Gasteiger partial charge in [-0.25, -0.2) is 0 Å². The summed E-state index contributed by atoms with van der Waals surface area (Å²) in [6.45, 7) is 3.65. The van der Waals surface area contributed by atoms with Gasteiger partial charge in [-0.15, -0.1) is 0 Å². The lowest BCUT2D eigenvalue weighted by molar-refractivity contribution is -0.384. The third-order valence-corrected chi connectivity index (χ3v) is 3.86. The van der Waals surface area contributed by atoms with Gasteiger partial charge in [-0.3, -0.25) is 14.9 Å². The molecule has 0 aliphatic rings. The molecule has 0 radical (unpaired) electrons. The maximum atomic E-state index is 12.1. The highest BCUT2D eigenvalue weighted by atomic mass is 35.5. The molecule has 126 valence electrons. The fraction of sp³-hybridized carbons (Fsp3) is 0.235. The van der Waals surface area contributed by atoms with Crippen molar-refractivity contribution in [1.29, 1.82) is 0 Å². The van der Waals surface area contributed by atoms with Crippen LogP contribution >= 0.6 is 11.6 Å². The van der Waals surface area contributed by atoms with Crippen molar-refractivity contribution in [3.05, 3.63) is 68.7 Å². The van der Waals surface area contributed by atoms with Gasteiger partial charge in [-0.05, 0) is 37.1 Å². The number of aryl methyl sites for hydroxylation is 1. The van der Waals surface area contributed by atoms with Crippen molar-refractivity contribution in [2.45, 2.75) is 19.9 Å². The quantitative estimate of drug-likeness (QED) is 0.614. The number of benzene rings is 2. The third-order valence-electron chi connectivity index (χ3n) is 3.63. The first-order valence-corrected chi connectivity index (χ1v) is 7.79. The third kappa shape index (κ3) is 4.53. The fourth-order valence-electron chi connectivity index (χ4n) is 2.29. The highest BCUT2D eigenvalue weighted by Crippen LogP contribution is 2.27. The van der Waals surface area contributed by atoms with E-state index in [0.29, 0.717) is 10.6 Å². The molecule has 6 nitrogen and oxygen atoms in total. The number of nitrogens with one attached hydrogen (secondary N) is 2. The first-order chi connectivity index (χ1) is 11.4. The lowest BCUT2D eigenvalue weighted by atomic mass is 10.1. The molecule has 7 heteroatoms. The van der Waals surface area contributed by atoms with Crippen molar-refractivity contribution >= 4 is 28.9 Å². The Morgan fingerprint density at radius 1 is 1.29 bits per heavy atom. The molecular weight excluding hydrogens is 330 g/mol. The monoisotopic (exact) mass is 347 g/mol. The summed E-state index contributed by atoms with van der Waals surface area (Å²) >= 11 is 5.95. The molecule has 24 heavy (non-hydrogen) atoms. The molecule has 1 amide bonds. The molecule has 0 saturated heterocycles. The van der Waals surface area contributed by atoms with E-state index < -0.39 is 4.92 Å². The minimum Gasteiger partial charge on any atom is -0.319 e. The highest BCUT2D eigenvalue weighted by Gasteiger charge is 2.18. The predicted octanol–water partition coefficient (Wildman–Crippen LogP) is 3.85. The number of nitrogens with zero attached hydrogens (tertiary/aromatic N) is 1. The van der Waals surface area contributed by atoms with Crippen LogP contribution in [0.5, 0.6) is 0 Å². The Kier molecular flexibility index (Phi) is 5.89. The number of para-hydroxylation sites is 1. The van der Waals surface area contributed by atoms with Gasteiger partial charge in [0, 0.05) is 17.1 Å². The van der Waals surface area contributed by atoms with E-state index in [-0.39, 0.29) is 29.9 Å². The zero-order valence-corrected chi connectivity index (χ0v) is 14.1. The van der Waals surface area contributed by atoms with E-state index in [0.717, 1.165) is 5.56 Å². The molecule has 2 N–H and O–H groups in total. The molecule has 2 aromatic carbocycles. The SMILES string of the molecule is Cc1cccc([N+](=O)[O-])c1NC(=O)CN[C@@H](C)c1cccc(Cl)c1. The molecule has 0 heterocycles. The Morgan fingerprint density at radius 3 is 2.67 bits per heavy atom. The van der Waals surface area contributed by atoms with Crippen LogP contribution in [0, 0.1) is 17.0 Å². The van der Waals surface area contributed by atoms with Crippen LogP contribution in [0.2, 0.25) is 5.02 Å². The van der Waals surface area contributed by atoms with E-state index in [1.54, 1.807) is 25.1 Å². The number of amides is 1. The molecule has 0 aromatic heterocycles. The van der Waals surface area contributed by atoms with Gasteiger partial charge in [0.2, 0.25) is 5.91 Å². The van der Waals surface area contributed by atoms with Crippen LogP contribution in [0.1, 0.15) is 24.1 Å². The highest BCUT2D eigenvalue weighted by molar-refractivity contribution is 6.30. The topological polar surface area (TPSA) is 84.3 Å². The van der Waals surface area contributed by atoms with Crippen LogP contribution in [0.3, 0.4) is 0 Å². The second-order valence-electron chi connectivity index (χ2n) is 5.43. The molecule has 0 bridgehead atoms. The number of nitro groups is 1. The summed E-state index contributed by atoms with van der Waals surface area (Å²) in [5.41, 5.74) is 1.70. The van der Waals surface area contributed by atoms with E-state index in [1.807, 2.05) is 25.1 Å². The average Bonchev–Trinajstić information content (AvgIpc) is 2.54. The summed E-state index contributed by atoms with van der Waals surface area (Å²) in [7, 11) is 0. The van der Waals surface area contributed by atoms with E-state index in [1.165, 1.54) is 6.07 Å². The molecule has 0 aliphatic carbocycles. The molecule has 0 spiro atoms. The number of halogens is 1. The predicted molar refractivity (Wildman–Crippen MR) is 94.3 cm³/mol. The van der Waals surface area contributed by atoms with Crippen molar-refractivity contribution in [3.8, 4) is 0 Å². The maximum Gasteiger partial charge on any atom is 0.293 e. The average molecular weight is 348 g/mol. The van der Waals surface area contributed by atoms with E-state index >= 15 is 0 Å². The molecular formula is C17H18ClN3O3. The van der Waals surface area contributed by atoms with Crippen molar-refractivity contribution in [2.24, 2.45) is 0 Å². The lowest BCUT2D eigenvalue weighted by Crippen LogP contribution is -2.30. The summed E-state index contributed by atoms with van der Waals surface area (Å²) in [4.78, 5) is 22.7. The Hall–Kier alpha value is -2.44. The number of carbonyl (C=O) groups is 1. The zero-order chi connectivity index (χ0) is 17.7. The molecule has 2 rings (SSSR count). The second-order valence-corrected chi connectivity index (χ2v) is 5.87. The van der Waals surface area contributed by atoms with Crippen molar-refractivity contribution < 1.29 is 9.72 Å². The van der Waals surface area contributed by atoms with E-state index in [2.05, 4.69) is 10.6 Å². The van der Waals surface area contributed by atoms with Gasteiger partial charge in [0.15, 0.2) is 0 Å². The minimum atomic E-state index is -0.509. The molecule has 0 fully saturated rings. The van der Waals surface area contributed by atoms with Gasteiger partial charge in [0.1, 0.15) is 5.69 Å². The van der Waals surface area contributed by atoms with Crippen LogP contribution < -0.4 is 10.6 Å². The normalized spacial score (nSPS) is 11.8. The summed E-state index contributed by atoms with van der Waals surface area (Å²) in [6.07, 6.45) is 0. The van der Waals surface area contributed by atoms with Gasteiger partial charge in [-0.1, -0.05) is 35.9 Å². The first-order valence-electron chi connectivity index (χ1n) is 7.41. The van der Waals surface area contributed by atoms with Gasteiger partial charge < -0.3 is 10.6 Å². The zero-order valence-electron chi connectivity index (χ0n) is 13.4. The Bertz CT molecular complexity index is 764. The number of carbonyl (C=O) groups excluding carboxylic acids is 1. The Morgan fingerprint density at radius 2 is 2.00 bits per heavy atom. The lowest BCUT2D eigenvalue weighted by Gasteiger charge is -2.15. The van der Waals surface area contributed by atoms with Crippen LogP contribution in [-0.4, -0.2) is 17.4 Å². The first kappa shape index (κ1) is 17.9. The van der Waals surface area contributed by atoms with Gasteiger partial charge in [0.05, 0.1) is 11.5 Å². The van der Waals surface area contributed by atoms with Gasteiger partial charge in [0.25, 0.3) is 5.69 Å². The molecule has 0 unspecified atom stereocenters. The van der Waals surface area contributed by atoms with Crippen molar-refractivity contribution in [1.82, 2.24) is 5.32 Å². The van der Waals surface area contributed by atoms with Crippen LogP contribution in [0.25, 0.3) is 0 Å². The van der Waals surface area contributed by atoms with Crippen LogP contribution in [0.15, 0.2) is 42.5 Å². The Labute approximate surface area is 145 Å². The van der Waals surface area contributed by atoms with Crippen LogP contribution in [-0.2, 0) is 4.79 Å². The van der Waals surface area contributed by atoms with Gasteiger partial charge >= 0.3 is 0 Å². The fourth-order valence-corrected chi connectivity index (χ4v) is 2.49. The summed E-state index contributed by atoms with van der Waals surface area (Å²) in [6, 6.07) is 11.9. The van der Waals surface area contributed by atoms with Crippen LogP contribution in [0.4, 0.5) is 11.4 Å². The minimum absolute atomic E-state index is 0.0270. The van der Waals surface area contributed by atoms with E-state index in [4.69, 9.17) is 11.6 Å². The summed E-state index contributed by atoms with van der Waals surface area (Å²) < 4.78 is 0. The molecule has 0 saturated carbocycles. The number of hydrogen-bond donors (Lipinski definition) is 2. The maximum absolute atomic E-state index is 12.1. The van der Waals surface area contributed by atoms with Gasteiger partial charge in [-0.2, -0.15) is 0 Å². The number of rotatable bonds is 6. The molecule has 2 aromatic rings. The number of hydrogen-bond acceptors (Lipinski definition) is 4. The molecule has 0 aliphatic heterocycles. The smallest absolute Gasteiger partial charge is 0.293 e. The summed E-state index contributed by atoms with van der Waals surface area (Å²) in [5, 5.41) is 17.4. The molecule has 1 atom stereocenters. The van der Waals surface area contributed by atoms with E-state index in [9.17, 15) is 14.9 Å². The summed E-state index contributed by atoms with van der Waals surface area (Å²) in [5.74, 6) is -0.346. The largest absolute Gasteiger partial charge is 0.319 e.